The molecule has 0 aromatic carbocycles. The first kappa shape index (κ1) is 13.2. The first-order chi connectivity index (χ1) is 7.59. The topological polar surface area (TPSA) is 29.9 Å². The van der Waals surface area contributed by atoms with Crippen LogP contribution < -0.4 is 5.32 Å². The maximum absolute atomic E-state index is 4.36. The molecule has 0 aliphatic heterocycles. The molecule has 0 fully saturated rings. The predicted octanol–water partition coefficient (Wildman–Crippen LogP) is 2.67. The zero-order valence-corrected chi connectivity index (χ0v) is 11.0. The summed E-state index contributed by atoms with van der Waals surface area (Å²) in [5.74, 6) is 1.44. The predicted molar refractivity (Wildman–Crippen MR) is 68.2 cm³/mol. The summed E-state index contributed by atoms with van der Waals surface area (Å²) in [6.07, 6.45) is 3.09. The number of aryl methyl sites for hydroxylation is 1. The van der Waals surface area contributed by atoms with Gasteiger partial charge in [0.25, 0.3) is 0 Å². The van der Waals surface area contributed by atoms with Gasteiger partial charge in [0.2, 0.25) is 0 Å². The largest absolute Gasteiger partial charge is 0.311 e. The van der Waals surface area contributed by atoms with Gasteiger partial charge in [-0.05, 0) is 30.9 Å². The van der Waals surface area contributed by atoms with Gasteiger partial charge < -0.3 is 5.32 Å². The van der Waals surface area contributed by atoms with Gasteiger partial charge in [-0.2, -0.15) is 5.10 Å². The van der Waals surface area contributed by atoms with Crippen LogP contribution in [0.4, 0.5) is 0 Å². The van der Waals surface area contributed by atoms with Gasteiger partial charge in [-0.25, -0.2) is 0 Å². The minimum atomic E-state index is 0.701. The zero-order valence-electron chi connectivity index (χ0n) is 11.0. The Balaban J connectivity index is 2.38. The summed E-state index contributed by atoms with van der Waals surface area (Å²) < 4.78 is 2.12. The van der Waals surface area contributed by atoms with Gasteiger partial charge in [0.15, 0.2) is 0 Å². The molecule has 1 heterocycles. The van der Waals surface area contributed by atoms with Gasteiger partial charge in [-0.1, -0.05) is 27.7 Å². The first-order valence-corrected chi connectivity index (χ1v) is 6.31. The van der Waals surface area contributed by atoms with Crippen molar-refractivity contribution in [3.8, 4) is 0 Å². The molecule has 3 heteroatoms. The van der Waals surface area contributed by atoms with E-state index in [4.69, 9.17) is 0 Å². The zero-order chi connectivity index (χ0) is 12.0. The van der Waals surface area contributed by atoms with E-state index in [-0.39, 0.29) is 0 Å². The van der Waals surface area contributed by atoms with E-state index in [1.807, 2.05) is 6.20 Å². The van der Waals surface area contributed by atoms with Crippen LogP contribution in [-0.2, 0) is 13.1 Å². The summed E-state index contributed by atoms with van der Waals surface area (Å²) in [4.78, 5) is 0. The van der Waals surface area contributed by atoms with E-state index < -0.39 is 0 Å². The fourth-order valence-electron chi connectivity index (χ4n) is 1.58. The number of hydrogen-bond acceptors (Lipinski definition) is 2. The standard InChI is InChI=1S/C13H25N3/c1-11(2)6-8-16-13(5-7-15-16)10-14-9-12(3)4/h5,7,11-12,14H,6,8-10H2,1-4H3. The highest BCUT2D eigenvalue weighted by Gasteiger charge is 2.03. The van der Waals surface area contributed by atoms with Gasteiger partial charge in [0.05, 0.1) is 5.69 Å². The molecule has 0 bridgehead atoms. The minimum absolute atomic E-state index is 0.701. The van der Waals surface area contributed by atoms with Crippen LogP contribution in [0.25, 0.3) is 0 Å². The van der Waals surface area contributed by atoms with E-state index in [1.165, 1.54) is 12.1 Å². The smallest absolute Gasteiger partial charge is 0.0522 e. The lowest BCUT2D eigenvalue weighted by Gasteiger charge is -2.11. The van der Waals surface area contributed by atoms with Crippen molar-refractivity contribution in [2.45, 2.75) is 47.2 Å². The molecular weight excluding hydrogens is 198 g/mol. The van der Waals surface area contributed by atoms with Crippen molar-refractivity contribution < 1.29 is 0 Å². The Morgan fingerprint density at radius 2 is 2.00 bits per heavy atom. The van der Waals surface area contributed by atoms with Crippen LogP contribution in [0.3, 0.4) is 0 Å². The van der Waals surface area contributed by atoms with E-state index in [0.29, 0.717) is 5.92 Å². The van der Waals surface area contributed by atoms with Crippen LogP contribution in [-0.4, -0.2) is 16.3 Å². The Kier molecular flexibility index (Phi) is 5.53. The third kappa shape index (κ3) is 4.79. The van der Waals surface area contributed by atoms with E-state index in [2.05, 4.69) is 48.9 Å². The average molecular weight is 223 g/mol. The quantitative estimate of drug-likeness (QED) is 0.770. The Morgan fingerprint density at radius 3 is 2.62 bits per heavy atom. The molecule has 0 aliphatic carbocycles. The summed E-state index contributed by atoms with van der Waals surface area (Å²) in [5, 5.41) is 7.82. The highest BCUT2D eigenvalue weighted by atomic mass is 15.3. The van der Waals surface area contributed by atoms with Crippen molar-refractivity contribution in [1.29, 1.82) is 0 Å². The average Bonchev–Trinajstić information content (AvgIpc) is 2.62. The second-order valence-corrected chi connectivity index (χ2v) is 5.25. The van der Waals surface area contributed by atoms with Crippen molar-refractivity contribution in [3.05, 3.63) is 18.0 Å². The fourth-order valence-corrected chi connectivity index (χ4v) is 1.58. The molecule has 3 nitrogen and oxygen atoms in total. The number of hydrogen-bond donors (Lipinski definition) is 1. The maximum Gasteiger partial charge on any atom is 0.0522 e. The van der Waals surface area contributed by atoms with Crippen LogP contribution >= 0.6 is 0 Å². The molecule has 92 valence electrons. The molecule has 0 amide bonds. The van der Waals surface area contributed by atoms with Gasteiger partial charge in [0, 0.05) is 19.3 Å². The number of nitrogens with zero attached hydrogens (tertiary/aromatic N) is 2. The fraction of sp³-hybridized carbons (Fsp3) is 0.769. The molecule has 0 unspecified atom stereocenters. The third-order valence-corrected chi connectivity index (χ3v) is 2.58. The minimum Gasteiger partial charge on any atom is -0.311 e. The van der Waals surface area contributed by atoms with E-state index in [0.717, 1.165) is 25.6 Å². The second kappa shape index (κ2) is 6.69. The van der Waals surface area contributed by atoms with Crippen molar-refractivity contribution in [1.82, 2.24) is 15.1 Å². The Hall–Kier alpha value is -0.830. The summed E-state index contributed by atoms with van der Waals surface area (Å²) in [6.45, 7) is 12.0. The normalized spacial score (nSPS) is 11.6. The molecule has 0 radical (unpaired) electrons. The van der Waals surface area contributed by atoms with Crippen LogP contribution in [0.1, 0.15) is 39.8 Å². The summed E-state index contributed by atoms with van der Waals surface area (Å²) in [7, 11) is 0. The molecule has 1 N–H and O–H groups in total. The molecule has 0 saturated carbocycles. The lowest BCUT2D eigenvalue weighted by molar-refractivity contribution is 0.463. The molecule has 0 atom stereocenters. The third-order valence-electron chi connectivity index (χ3n) is 2.58. The number of nitrogens with one attached hydrogen (secondary N) is 1. The summed E-state index contributed by atoms with van der Waals surface area (Å²) in [5.41, 5.74) is 1.29. The molecule has 0 aliphatic rings. The molecule has 1 aromatic heterocycles. The lowest BCUT2D eigenvalue weighted by atomic mass is 10.1. The highest BCUT2D eigenvalue weighted by Crippen LogP contribution is 2.05. The van der Waals surface area contributed by atoms with Gasteiger partial charge in [0.1, 0.15) is 0 Å². The van der Waals surface area contributed by atoms with Crippen molar-refractivity contribution in [2.75, 3.05) is 6.54 Å². The molecule has 0 saturated heterocycles. The first-order valence-electron chi connectivity index (χ1n) is 6.31. The van der Waals surface area contributed by atoms with Crippen LogP contribution in [0.2, 0.25) is 0 Å². The van der Waals surface area contributed by atoms with Crippen molar-refractivity contribution >= 4 is 0 Å². The van der Waals surface area contributed by atoms with Gasteiger partial charge in [-0.15, -0.1) is 0 Å². The summed E-state index contributed by atoms with van der Waals surface area (Å²) >= 11 is 0. The van der Waals surface area contributed by atoms with E-state index >= 15 is 0 Å². The number of rotatable bonds is 7. The Morgan fingerprint density at radius 1 is 1.25 bits per heavy atom. The van der Waals surface area contributed by atoms with Gasteiger partial charge in [-0.3, -0.25) is 4.68 Å². The van der Waals surface area contributed by atoms with E-state index in [1.54, 1.807) is 0 Å². The van der Waals surface area contributed by atoms with Gasteiger partial charge >= 0.3 is 0 Å². The molecular formula is C13H25N3. The monoisotopic (exact) mass is 223 g/mol. The lowest BCUT2D eigenvalue weighted by Crippen LogP contribution is -2.21. The molecule has 16 heavy (non-hydrogen) atoms. The highest BCUT2D eigenvalue weighted by molar-refractivity contribution is 4.99. The second-order valence-electron chi connectivity index (χ2n) is 5.25. The van der Waals surface area contributed by atoms with Crippen molar-refractivity contribution in [2.24, 2.45) is 11.8 Å². The van der Waals surface area contributed by atoms with Crippen LogP contribution in [0.15, 0.2) is 12.3 Å². The molecule has 1 aromatic rings. The van der Waals surface area contributed by atoms with Crippen molar-refractivity contribution in [3.63, 3.8) is 0 Å². The SMILES string of the molecule is CC(C)CCn1nccc1CNCC(C)C. The summed E-state index contributed by atoms with van der Waals surface area (Å²) in [6, 6.07) is 2.10. The van der Waals surface area contributed by atoms with Crippen LogP contribution in [0, 0.1) is 11.8 Å². The van der Waals surface area contributed by atoms with Crippen LogP contribution in [0.5, 0.6) is 0 Å². The Labute approximate surface area is 99.2 Å². The Bertz CT molecular complexity index is 289. The molecule has 0 spiro atoms. The number of aromatic nitrogens is 2. The molecule has 1 rings (SSSR count). The maximum atomic E-state index is 4.36. The van der Waals surface area contributed by atoms with E-state index in [9.17, 15) is 0 Å².